The summed E-state index contributed by atoms with van der Waals surface area (Å²) in [5, 5.41) is 0.991. The molecule has 1 aromatic carbocycles. The maximum absolute atomic E-state index is 6.28. The van der Waals surface area contributed by atoms with Gasteiger partial charge in [0.05, 0.1) is 11.3 Å². The second-order valence-electron chi connectivity index (χ2n) is 6.25. The highest BCUT2D eigenvalue weighted by atomic mass is 16.3. The zero-order valence-electron chi connectivity index (χ0n) is 14.6. The van der Waals surface area contributed by atoms with Gasteiger partial charge in [-0.2, -0.15) is 0 Å². The molecule has 0 radical (unpaired) electrons. The molecule has 2 nitrogen and oxygen atoms in total. The fraction of sp³-hybridized carbons (Fsp3) is 0.227. The lowest BCUT2D eigenvalue weighted by Gasteiger charge is -2.06. The summed E-state index contributed by atoms with van der Waals surface area (Å²) < 4.78 is 6.28. The number of hydrogen-bond donors (Lipinski definition) is 0. The number of para-hydroxylation sites is 1. The molecule has 0 saturated heterocycles. The van der Waals surface area contributed by atoms with Gasteiger partial charge in [-0.3, -0.25) is 4.98 Å². The van der Waals surface area contributed by atoms with Gasteiger partial charge >= 0.3 is 0 Å². The standard InChI is InChI=1S/C22H21NO/c1-6-16-19-10-8-9-18(14(3)4)22(19)24-21(16)17(7-2)20-13-15(5)11-12-23-20/h1,7-14H,2-5H3/b17-7-. The molecule has 2 aromatic heterocycles. The molecule has 120 valence electrons. The van der Waals surface area contributed by atoms with Crippen LogP contribution in [-0.2, 0) is 0 Å². The second kappa shape index (κ2) is 6.37. The van der Waals surface area contributed by atoms with Crippen molar-refractivity contribution < 1.29 is 4.42 Å². The summed E-state index contributed by atoms with van der Waals surface area (Å²) in [5.41, 5.74) is 5.80. The molecule has 0 unspecified atom stereocenters. The molecule has 0 N–H and O–H groups in total. The number of nitrogens with zero attached hydrogens (tertiary/aromatic N) is 1. The molecule has 0 fully saturated rings. The van der Waals surface area contributed by atoms with Gasteiger partial charge in [0, 0.05) is 17.2 Å². The minimum atomic E-state index is 0.365. The molecule has 0 aliphatic heterocycles. The average Bonchev–Trinajstić information content (AvgIpc) is 2.93. The van der Waals surface area contributed by atoms with Gasteiger partial charge in [0.25, 0.3) is 0 Å². The monoisotopic (exact) mass is 315 g/mol. The summed E-state index contributed by atoms with van der Waals surface area (Å²) in [4.78, 5) is 4.49. The van der Waals surface area contributed by atoms with Crippen LogP contribution < -0.4 is 0 Å². The number of pyridine rings is 1. The molecular weight excluding hydrogens is 294 g/mol. The Morgan fingerprint density at radius 1 is 1.29 bits per heavy atom. The molecule has 3 aromatic rings. The van der Waals surface area contributed by atoms with Crippen molar-refractivity contribution in [1.82, 2.24) is 4.98 Å². The van der Waals surface area contributed by atoms with Crippen LogP contribution >= 0.6 is 0 Å². The fourth-order valence-corrected chi connectivity index (χ4v) is 3.01. The van der Waals surface area contributed by atoms with Crippen LogP contribution in [0, 0.1) is 19.3 Å². The topological polar surface area (TPSA) is 26.0 Å². The molecule has 24 heavy (non-hydrogen) atoms. The van der Waals surface area contributed by atoms with E-state index in [1.54, 1.807) is 0 Å². The summed E-state index contributed by atoms with van der Waals surface area (Å²) in [6, 6.07) is 10.2. The molecular formula is C22H21NO. The summed E-state index contributed by atoms with van der Waals surface area (Å²) in [6.07, 6.45) is 9.65. The van der Waals surface area contributed by atoms with Crippen molar-refractivity contribution in [2.45, 2.75) is 33.6 Å². The summed E-state index contributed by atoms with van der Waals surface area (Å²) >= 11 is 0. The van der Waals surface area contributed by atoms with E-state index in [4.69, 9.17) is 10.8 Å². The molecule has 0 amide bonds. The first-order chi connectivity index (χ1) is 11.6. The molecule has 0 spiro atoms. The lowest BCUT2D eigenvalue weighted by molar-refractivity contribution is 0.591. The zero-order chi connectivity index (χ0) is 17.3. The predicted molar refractivity (Wildman–Crippen MR) is 100.0 cm³/mol. The normalized spacial score (nSPS) is 11.9. The van der Waals surface area contributed by atoms with Gasteiger partial charge in [-0.05, 0) is 49.1 Å². The van der Waals surface area contributed by atoms with Crippen LogP contribution in [0.5, 0.6) is 0 Å². The van der Waals surface area contributed by atoms with Crippen molar-refractivity contribution >= 4 is 16.5 Å². The third kappa shape index (κ3) is 2.63. The van der Waals surface area contributed by atoms with E-state index in [0.29, 0.717) is 5.92 Å². The number of allylic oxidation sites excluding steroid dienone is 1. The quantitative estimate of drug-likeness (QED) is 0.580. The van der Waals surface area contributed by atoms with Crippen LogP contribution in [0.1, 0.15) is 54.8 Å². The molecule has 0 saturated carbocycles. The van der Waals surface area contributed by atoms with E-state index < -0.39 is 0 Å². The maximum atomic E-state index is 6.28. The van der Waals surface area contributed by atoms with Gasteiger partial charge in [-0.15, -0.1) is 6.42 Å². The Kier molecular flexibility index (Phi) is 4.27. The first kappa shape index (κ1) is 16.1. The molecule has 2 heterocycles. The number of rotatable bonds is 3. The largest absolute Gasteiger partial charge is 0.454 e. The van der Waals surface area contributed by atoms with Crippen molar-refractivity contribution in [1.29, 1.82) is 0 Å². The third-order valence-electron chi connectivity index (χ3n) is 4.24. The van der Waals surface area contributed by atoms with Gasteiger partial charge in [0.2, 0.25) is 0 Å². The molecule has 0 atom stereocenters. The minimum absolute atomic E-state index is 0.365. The number of fused-ring (bicyclic) bond motifs is 1. The number of aryl methyl sites for hydroxylation is 1. The fourth-order valence-electron chi connectivity index (χ4n) is 3.01. The van der Waals surface area contributed by atoms with E-state index in [0.717, 1.165) is 39.1 Å². The zero-order valence-corrected chi connectivity index (χ0v) is 14.6. The number of benzene rings is 1. The average molecular weight is 315 g/mol. The Morgan fingerprint density at radius 3 is 2.71 bits per heavy atom. The first-order valence-corrected chi connectivity index (χ1v) is 8.18. The van der Waals surface area contributed by atoms with E-state index in [2.05, 4.69) is 37.7 Å². The first-order valence-electron chi connectivity index (χ1n) is 8.18. The number of aromatic nitrogens is 1. The summed E-state index contributed by atoms with van der Waals surface area (Å²) in [5.74, 6) is 3.91. The van der Waals surface area contributed by atoms with E-state index in [1.807, 2.05) is 43.5 Å². The van der Waals surface area contributed by atoms with Crippen molar-refractivity contribution in [3.63, 3.8) is 0 Å². The third-order valence-corrected chi connectivity index (χ3v) is 4.24. The molecule has 3 rings (SSSR count). The molecule has 0 aliphatic carbocycles. The summed E-state index contributed by atoms with van der Waals surface area (Å²) in [6.45, 7) is 8.35. The van der Waals surface area contributed by atoms with Crippen LogP contribution in [0.25, 0.3) is 16.5 Å². The molecule has 0 aliphatic rings. The molecule has 0 bridgehead atoms. The van der Waals surface area contributed by atoms with Crippen molar-refractivity contribution in [2.24, 2.45) is 0 Å². The second-order valence-corrected chi connectivity index (χ2v) is 6.25. The SMILES string of the molecule is C#Cc1c(/C(=C\C)c2cc(C)ccn2)oc2c(C(C)C)cccc12. The van der Waals surface area contributed by atoms with E-state index in [-0.39, 0.29) is 0 Å². The number of hydrogen-bond acceptors (Lipinski definition) is 2. The Balaban J connectivity index is 2.29. The van der Waals surface area contributed by atoms with Crippen LogP contribution in [0.4, 0.5) is 0 Å². The number of terminal acetylenes is 1. The van der Waals surface area contributed by atoms with Gasteiger partial charge < -0.3 is 4.42 Å². The van der Waals surface area contributed by atoms with Gasteiger partial charge in [0.15, 0.2) is 5.76 Å². The van der Waals surface area contributed by atoms with E-state index in [1.165, 1.54) is 5.56 Å². The Hall–Kier alpha value is -2.79. The Labute approximate surface area is 143 Å². The van der Waals surface area contributed by atoms with Gasteiger partial charge in [-0.1, -0.05) is 38.0 Å². The van der Waals surface area contributed by atoms with Crippen molar-refractivity contribution in [3.8, 4) is 12.3 Å². The van der Waals surface area contributed by atoms with Crippen molar-refractivity contribution in [2.75, 3.05) is 0 Å². The Morgan fingerprint density at radius 2 is 2.08 bits per heavy atom. The maximum Gasteiger partial charge on any atom is 0.152 e. The highest BCUT2D eigenvalue weighted by molar-refractivity contribution is 5.94. The van der Waals surface area contributed by atoms with Crippen LogP contribution in [0.2, 0.25) is 0 Å². The predicted octanol–water partition coefficient (Wildman–Crippen LogP) is 5.69. The van der Waals surface area contributed by atoms with Gasteiger partial charge in [-0.25, -0.2) is 0 Å². The summed E-state index contributed by atoms with van der Waals surface area (Å²) in [7, 11) is 0. The van der Waals surface area contributed by atoms with Crippen LogP contribution in [-0.4, -0.2) is 4.98 Å². The van der Waals surface area contributed by atoms with Crippen molar-refractivity contribution in [3.05, 3.63) is 70.7 Å². The minimum Gasteiger partial charge on any atom is -0.454 e. The molecule has 2 heteroatoms. The lowest BCUT2D eigenvalue weighted by Crippen LogP contribution is -1.93. The highest BCUT2D eigenvalue weighted by Gasteiger charge is 2.20. The van der Waals surface area contributed by atoms with E-state index >= 15 is 0 Å². The highest BCUT2D eigenvalue weighted by Crippen LogP contribution is 2.36. The number of furan rings is 1. The van der Waals surface area contributed by atoms with Crippen LogP contribution in [0.15, 0.2) is 47.0 Å². The smallest absolute Gasteiger partial charge is 0.152 e. The lowest BCUT2D eigenvalue weighted by atomic mass is 9.98. The van der Waals surface area contributed by atoms with Gasteiger partial charge in [0.1, 0.15) is 5.58 Å². The van der Waals surface area contributed by atoms with Crippen LogP contribution in [0.3, 0.4) is 0 Å². The van der Waals surface area contributed by atoms with E-state index in [9.17, 15) is 0 Å². The Bertz CT molecular complexity index is 967.